The van der Waals surface area contributed by atoms with Crippen LogP contribution in [0.5, 0.6) is 28.7 Å². The maximum Gasteiger partial charge on any atom is 0.341 e. The van der Waals surface area contributed by atoms with E-state index in [0.717, 1.165) is 5.57 Å². The molecule has 0 saturated carbocycles. The monoisotopic (exact) mass is 392 g/mol. The fourth-order valence-electron chi connectivity index (χ4n) is 2.57. The van der Waals surface area contributed by atoms with E-state index >= 15 is 0 Å². The van der Waals surface area contributed by atoms with Crippen molar-refractivity contribution in [3.05, 3.63) is 45.5 Å². The number of rotatable bonds is 4. The molecule has 0 aliphatic carbocycles. The summed E-state index contributed by atoms with van der Waals surface area (Å²) in [4.78, 5) is 12.2. The topological polar surface area (TPSA) is 96.2 Å². The molecule has 144 valence electrons. The van der Waals surface area contributed by atoms with Crippen LogP contribution in [0, 0.1) is 13.8 Å². The molecule has 0 atom stereocenters. The summed E-state index contributed by atoms with van der Waals surface area (Å²) in [5, 5.41) is 30.6. The van der Waals surface area contributed by atoms with Crippen molar-refractivity contribution in [2.75, 3.05) is 7.11 Å². The first-order valence-corrected chi connectivity index (χ1v) is 8.48. The number of phenols is 3. The van der Waals surface area contributed by atoms with Crippen molar-refractivity contribution in [3.63, 3.8) is 0 Å². The minimum atomic E-state index is -0.705. The molecule has 0 bridgehead atoms. The molecular weight excluding hydrogens is 372 g/mol. The minimum Gasteiger partial charge on any atom is -0.508 e. The average molecular weight is 393 g/mol. The van der Waals surface area contributed by atoms with E-state index in [2.05, 4.69) is 0 Å². The van der Waals surface area contributed by atoms with Crippen LogP contribution in [-0.4, -0.2) is 28.4 Å². The molecule has 0 spiro atoms. The highest BCUT2D eigenvalue weighted by Crippen LogP contribution is 2.46. The maximum absolute atomic E-state index is 12.2. The summed E-state index contributed by atoms with van der Waals surface area (Å²) in [7, 11) is 1.21. The van der Waals surface area contributed by atoms with Gasteiger partial charge in [0.15, 0.2) is 11.5 Å². The van der Waals surface area contributed by atoms with Crippen molar-refractivity contribution < 1.29 is 29.6 Å². The highest BCUT2D eigenvalue weighted by atomic mass is 35.5. The van der Waals surface area contributed by atoms with Gasteiger partial charge in [-0.1, -0.05) is 17.7 Å². The number of halogens is 1. The number of hydrogen-bond donors (Lipinski definition) is 3. The third kappa shape index (κ3) is 3.66. The molecule has 6 nitrogen and oxygen atoms in total. The lowest BCUT2D eigenvalue weighted by Crippen LogP contribution is -2.07. The predicted octanol–water partition coefficient (Wildman–Crippen LogP) is 5.08. The predicted molar refractivity (Wildman–Crippen MR) is 103 cm³/mol. The van der Waals surface area contributed by atoms with E-state index in [4.69, 9.17) is 21.1 Å². The second-order valence-electron chi connectivity index (χ2n) is 6.02. The van der Waals surface area contributed by atoms with Crippen LogP contribution in [0.2, 0.25) is 5.02 Å². The lowest BCUT2D eigenvalue weighted by molar-refractivity contribution is 0.0597. The molecule has 0 aromatic heterocycles. The average Bonchev–Trinajstić information content (AvgIpc) is 2.65. The molecule has 2 rings (SSSR count). The summed E-state index contributed by atoms with van der Waals surface area (Å²) < 4.78 is 10.6. The van der Waals surface area contributed by atoms with Crippen LogP contribution in [0.25, 0.3) is 5.57 Å². The number of benzene rings is 2. The van der Waals surface area contributed by atoms with E-state index in [1.807, 2.05) is 0 Å². The quantitative estimate of drug-likeness (QED) is 0.628. The smallest absolute Gasteiger partial charge is 0.341 e. The van der Waals surface area contributed by atoms with Crippen molar-refractivity contribution in [2.45, 2.75) is 27.7 Å². The third-order valence-corrected chi connectivity index (χ3v) is 4.86. The molecular formula is C20H21ClO6. The van der Waals surface area contributed by atoms with Gasteiger partial charge in [0.1, 0.15) is 22.8 Å². The van der Waals surface area contributed by atoms with Crippen LogP contribution in [0.3, 0.4) is 0 Å². The molecule has 7 heteroatoms. The number of esters is 1. The Morgan fingerprint density at radius 2 is 1.74 bits per heavy atom. The Kier molecular flexibility index (Phi) is 5.91. The van der Waals surface area contributed by atoms with E-state index < -0.39 is 5.97 Å². The molecule has 2 aromatic carbocycles. The molecule has 0 unspecified atom stereocenters. The fraction of sp³-hybridized carbons (Fsp3) is 0.250. The highest BCUT2D eigenvalue weighted by Gasteiger charge is 2.25. The first-order chi connectivity index (χ1) is 12.6. The molecule has 0 radical (unpaired) electrons. The van der Waals surface area contributed by atoms with Gasteiger partial charge in [-0.2, -0.15) is 0 Å². The van der Waals surface area contributed by atoms with E-state index in [9.17, 15) is 20.1 Å². The van der Waals surface area contributed by atoms with Gasteiger partial charge >= 0.3 is 5.97 Å². The van der Waals surface area contributed by atoms with Crippen LogP contribution in [0.4, 0.5) is 0 Å². The van der Waals surface area contributed by atoms with E-state index in [1.165, 1.54) is 26.2 Å². The van der Waals surface area contributed by atoms with Crippen molar-refractivity contribution in [3.8, 4) is 28.7 Å². The molecule has 2 aromatic rings. The maximum atomic E-state index is 12.2. The van der Waals surface area contributed by atoms with E-state index in [-0.39, 0.29) is 50.5 Å². The Morgan fingerprint density at radius 1 is 1.11 bits per heavy atom. The Hall–Kier alpha value is -2.86. The van der Waals surface area contributed by atoms with Crippen LogP contribution >= 0.6 is 11.6 Å². The molecule has 27 heavy (non-hydrogen) atoms. The summed E-state index contributed by atoms with van der Waals surface area (Å²) in [5.74, 6) is -1.37. The van der Waals surface area contributed by atoms with Gasteiger partial charge in [-0.15, -0.1) is 0 Å². The number of phenolic OH excluding ortho intramolecular Hbond substituents is 3. The lowest BCUT2D eigenvalue weighted by atomic mass is 10.0. The molecule has 0 fully saturated rings. The lowest BCUT2D eigenvalue weighted by Gasteiger charge is -2.19. The number of carbonyl (C=O) groups is 1. The second-order valence-corrected chi connectivity index (χ2v) is 6.40. The summed E-state index contributed by atoms with van der Waals surface area (Å²) in [6.45, 7) is 6.65. The van der Waals surface area contributed by atoms with Gasteiger partial charge in [0.25, 0.3) is 0 Å². The largest absolute Gasteiger partial charge is 0.508 e. The molecule has 0 heterocycles. The van der Waals surface area contributed by atoms with Crippen LogP contribution in [-0.2, 0) is 4.74 Å². The van der Waals surface area contributed by atoms with Gasteiger partial charge in [0, 0.05) is 17.2 Å². The summed E-state index contributed by atoms with van der Waals surface area (Å²) in [6.07, 6.45) is 1.78. The Morgan fingerprint density at radius 3 is 2.30 bits per heavy atom. The van der Waals surface area contributed by atoms with Crippen molar-refractivity contribution in [1.82, 2.24) is 0 Å². The Bertz CT molecular complexity index is 946. The Labute approximate surface area is 162 Å². The number of ether oxygens (including phenoxy) is 2. The van der Waals surface area contributed by atoms with Gasteiger partial charge in [-0.05, 0) is 44.9 Å². The third-order valence-electron chi connectivity index (χ3n) is 4.38. The van der Waals surface area contributed by atoms with E-state index in [0.29, 0.717) is 5.56 Å². The molecule has 3 N–H and O–H groups in total. The zero-order valence-electron chi connectivity index (χ0n) is 15.7. The van der Waals surface area contributed by atoms with Crippen molar-refractivity contribution in [1.29, 1.82) is 0 Å². The SMILES string of the molecule is C/C=C(\C)c1cc(O)c(C)c(O)c1Oc1cc(O)c(Cl)c(C)c1C(=O)OC. The summed E-state index contributed by atoms with van der Waals surface area (Å²) >= 11 is 6.04. The number of carbonyl (C=O) groups excluding carboxylic acids is 1. The van der Waals surface area contributed by atoms with E-state index in [1.54, 1.807) is 26.8 Å². The fourth-order valence-corrected chi connectivity index (χ4v) is 2.72. The van der Waals surface area contributed by atoms with Crippen molar-refractivity contribution >= 4 is 23.1 Å². The van der Waals surface area contributed by atoms with Crippen LogP contribution in [0.15, 0.2) is 18.2 Å². The number of methoxy groups -OCH3 is 1. The van der Waals surface area contributed by atoms with Gasteiger partial charge in [-0.25, -0.2) is 4.79 Å². The zero-order valence-corrected chi connectivity index (χ0v) is 16.4. The van der Waals surface area contributed by atoms with Gasteiger partial charge in [-0.3, -0.25) is 0 Å². The standard InChI is InChI=1S/C20H21ClO6/c1-6-9(2)12-7-13(22)10(3)18(24)19(12)27-15-8-14(23)17(21)11(4)16(15)20(25)26-5/h6-8,22-24H,1-5H3/b9-6+. The van der Waals surface area contributed by atoms with Gasteiger partial charge in [0.2, 0.25) is 0 Å². The van der Waals surface area contributed by atoms with Gasteiger partial charge in [0.05, 0.1) is 12.1 Å². The zero-order chi connectivity index (χ0) is 20.5. The van der Waals surface area contributed by atoms with Gasteiger partial charge < -0.3 is 24.8 Å². The molecule has 0 saturated heterocycles. The normalized spacial score (nSPS) is 11.4. The summed E-state index contributed by atoms with van der Waals surface area (Å²) in [5.41, 5.74) is 1.67. The number of hydrogen-bond acceptors (Lipinski definition) is 6. The molecule has 0 aliphatic heterocycles. The first kappa shape index (κ1) is 20.5. The van der Waals surface area contributed by atoms with Crippen LogP contribution < -0.4 is 4.74 Å². The number of aromatic hydroxyl groups is 3. The Balaban J connectivity index is 2.78. The molecule has 0 aliphatic rings. The minimum absolute atomic E-state index is 0.00119. The van der Waals surface area contributed by atoms with Crippen molar-refractivity contribution in [2.24, 2.45) is 0 Å². The highest BCUT2D eigenvalue weighted by molar-refractivity contribution is 6.33. The first-order valence-electron chi connectivity index (χ1n) is 8.11. The second kappa shape index (κ2) is 7.80. The number of allylic oxidation sites excluding steroid dienone is 2. The van der Waals surface area contributed by atoms with Crippen LogP contribution in [0.1, 0.15) is 40.9 Å². The summed E-state index contributed by atoms with van der Waals surface area (Å²) in [6, 6.07) is 2.64. The molecule has 0 amide bonds.